The SMILES string of the molecule is N#Cc1ccc(C(NS(=O)(=O)c2cc3cc(OCC[n+]4ccccc4)c(OCCCl)cc3s2)O[P+](=O)[O-])cc1F. The number of alkyl halides is 1. The monoisotopic (exact) mass is 624 g/mol. The molecule has 0 aliphatic carbocycles. The maximum Gasteiger partial charge on any atom is 0.490 e. The number of hydrogen-bond donors (Lipinski definition) is 1. The van der Waals surface area contributed by atoms with E-state index in [0.717, 1.165) is 23.5 Å². The van der Waals surface area contributed by atoms with Gasteiger partial charge in [-0.05, 0) is 34.2 Å². The number of thiophene rings is 1. The molecule has 0 saturated carbocycles. The Morgan fingerprint density at radius 1 is 1.12 bits per heavy atom. The highest BCUT2D eigenvalue weighted by atomic mass is 35.5. The maximum absolute atomic E-state index is 14.2. The predicted octanol–water partition coefficient (Wildman–Crippen LogP) is 3.91. The minimum Gasteiger partial charge on any atom is -0.566 e. The van der Waals surface area contributed by atoms with Crippen LogP contribution >= 0.6 is 31.2 Å². The normalized spacial score (nSPS) is 12.6. The highest BCUT2D eigenvalue weighted by molar-refractivity contribution is 7.91. The average molecular weight is 625 g/mol. The number of halogens is 2. The lowest BCUT2D eigenvalue weighted by molar-refractivity contribution is -0.697. The van der Waals surface area contributed by atoms with Crippen molar-refractivity contribution in [2.24, 2.45) is 0 Å². The van der Waals surface area contributed by atoms with Gasteiger partial charge >= 0.3 is 8.25 Å². The summed E-state index contributed by atoms with van der Waals surface area (Å²) in [5.74, 6) is 0.0347. The highest BCUT2D eigenvalue weighted by Gasteiger charge is 2.29. The number of pyridine rings is 1. The van der Waals surface area contributed by atoms with Crippen LogP contribution in [0.4, 0.5) is 4.39 Å². The molecule has 2 heterocycles. The first-order valence-electron chi connectivity index (χ1n) is 11.6. The Morgan fingerprint density at radius 3 is 2.52 bits per heavy atom. The Labute approximate surface area is 239 Å². The lowest BCUT2D eigenvalue weighted by Gasteiger charge is -2.14. The molecule has 10 nitrogen and oxygen atoms in total. The van der Waals surface area contributed by atoms with Crippen LogP contribution in [0.25, 0.3) is 10.1 Å². The van der Waals surface area contributed by atoms with Crippen molar-refractivity contribution in [2.45, 2.75) is 17.0 Å². The molecular formula is C25H21ClFN3O7PS2+. The molecule has 2 aromatic heterocycles. The van der Waals surface area contributed by atoms with Crippen molar-refractivity contribution in [1.82, 2.24) is 4.72 Å². The number of sulfonamides is 1. The highest BCUT2D eigenvalue weighted by Crippen LogP contribution is 2.39. The third-order valence-corrected chi connectivity index (χ3v) is 8.92. The molecule has 2 unspecified atom stereocenters. The molecule has 0 fully saturated rings. The van der Waals surface area contributed by atoms with E-state index in [0.29, 0.717) is 34.7 Å². The molecule has 0 aliphatic heterocycles. The van der Waals surface area contributed by atoms with Crippen LogP contribution in [0.3, 0.4) is 0 Å². The molecule has 0 saturated heterocycles. The van der Waals surface area contributed by atoms with Gasteiger partial charge in [-0.1, -0.05) is 12.1 Å². The number of aromatic nitrogens is 1. The Hall–Kier alpha value is -3.21. The minimum absolute atomic E-state index is 0.149. The fourth-order valence-corrected chi connectivity index (χ4v) is 6.61. The molecule has 0 bridgehead atoms. The number of nitriles is 1. The summed E-state index contributed by atoms with van der Waals surface area (Å²) >= 11 is 6.68. The fraction of sp³-hybridized carbons (Fsp3) is 0.200. The van der Waals surface area contributed by atoms with Crippen molar-refractivity contribution in [1.29, 1.82) is 5.26 Å². The summed E-state index contributed by atoms with van der Waals surface area (Å²) in [6.45, 7) is 1.06. The largest absolute Gasteiger partial charge is 0.566 e. The van der Waals surface area contributed by atoms with Crippen molar-refractivity contribution in [3.8, 4) is 17.6 Å². The van der Waals surface area contributed by atoms with Crippen molar-refractivity contribution in [2.75, 3.05) is 19.1 Å². The standard InChI is InChI=1S/C25H21ClFN3O7PS2/c26-6-10-35-22-15-23-19(13-21(22)36-11-9-30-7-2-1-3-8-30)14-24(39-23)40(33,34)29-25(37-38(31)32)17-4-5-18(16-28)20(27)12-17/h1-5,7-8,12-15,25,29H,6,9-11H2/q+1. The molecule has 2 atom stereocenters. The van der Waals surface area contributed by atoms with E-state index >= 15 is 0 Å². The first-order chi connectivity index (χ1) is 19.2. The summed E-state index contributed by atoms with van der Waals surface area (Å²) in [6, 6.07) is 15.1. The third kappa shape index (κ3) is 7.50. The number of fused-ring (bicyclic) bond motifs is 1. The van der Waals surface area contributed by atoms with Crippen molar-refractivity contribution >= 4 is 51.3 Å². The van der Waals surface area contributed by atoms with Crippen molar-refractivity contribution in [3.05, 3.63) is 83.9 Å². The van der Waals surface area contributed by atoms with Crippen LogP contribution in [0.1, 0.15) is 17.4 Å². The molecule has 1 N–H and O–H groups in total. The molecule has 15 heteroatoms. The second-order valence-corrected chi connectivity index (χ2v) is 12.1. The van der Waals surface area contributed by atoms with E-state index in [2.05, 4.69) is 4.72 Å². The minimum atomic E-state index is -4.36. The van der Waals surface area contributed by atoms with E-state index in [-0.39, 0.29) is 27.8 Å². The number of ether oxygens (including phenoxy) is 2. The van der Waals surface area contributed by atoms with Gasteiger partial charge in [0.25, 0.3) is 10.0 Å². The molecule has 2 aromatic carbocycles. The summed E-state index contributed by atoms with van der Waals surface area (Å²) in [6.07, 6.45) is 2.02. The van der Waals surface area contributed by atoms with Crippen LogP contribution in [0.15, 0.2) is 71.2 Å². The molecule has 0 radical (unpaired) electrons. The topological polar surface area (TPSA) is 142 Å². The molecular weight excluding hydrogens is 604 g/mol. The van der Waals surface area contributed by atoms with Crippen molar-refractivity contribution < 1.29 is 40.8 Å². The first-order valence-corrected chi connectivity index (χ1v) is 15.5. The smallest absolute Gasteiger partial charge is 0.490 e. The second-order valence-electron chi connectivity index (χ2n) is 8.08. The van der Waals surface area contributed by atoms with E-state index in [9.17, 15) is 22.3 Å². The van der Waals surface area contributed by atoms with Crippen LogP contribution in [0, 0.1) is 17.1 Å². The maximum atomic E-state index is 14.2. The number of hydrogen-bond acceptors (Lipinski definition) is 9. The summed E-state index contributed by atoms with van der Waals surface area (Å²) in [5, 5.41) is 9.46. The quantitative estimate of drug-likeness (QED) is 0.102. The van der Waals surface area contributed by atoms with Crippen LogP contribution in [0.5, 0.6) is 11.5 Å². The number of rotatable bonds is 13. The Balaban J connectivity index is 1.61. The van der Waals surface area contributed by atoms with Crippen LogP contribution in [-0.2, 0) is 25.7 Å². The molecule has 40 heavy (non-hydrogen) atoms. The third-order valence-electron chi connectivity index (χ3n) is 5.41. The molecule has 4 rings (SSSR count). The fourth-order valence-electron chi connectivity index (χ4n) is 3.59. The summed E-state index contributed by atoms with van der Waals surface area (Å²) < 4.78 is 72.8. The zero-order valence-electron chi connectivity index (χ0n) is 20.5. The molecule has 0 aliphatic rings. The van der Waals surface area contributed by atoms with Gasteiger partial charge in [-0.2, -0.15) is 9.98 Å². The Bertz CT molecular complexity index is 1670. The first kappa shape index (κ1) is 29.8. The average Bonchev–Trinajstić information content (AvgIpc) is 3.35. The Kier molecular flexibility index (Phi) is 9.99. The molecule has 0 amide bonds. The van der Waals surface area contributed by atoms with Gasteiger partial charge in [0.2, 0.25) is 6.23 Å². The van der Waals surface area contributed by atoms with Gasteiger partial charge in [0.15, 0.2) is 30.4 Å². The van der Waals surface area contributed by atoms with Gasteiger partial charge < -0.3 is 14.4 Å². The lowest BCUT2D eigenvalue weighted by Crippen LogP contribution is -2.35. The van der Waals surface area contributed by atoms with Gasteiger partial charge in [-0.3, -0.25) is 0 Å². The van der Waals surface area contributed by atoms with Gasteiger partial charge in [-0.25, -0.2) is 17.4 Å². The lowest BCUT2D eigenvalue weighted by atomic mass is 10.1. The second kappa shape index (κ2) is 13.4. The van der Waals surface area contributed by atoms with E-state index in [1.165, 1.54) is 12.1 Å². The van der Waals surface area contributed by atoms with Gasteiger partial charge in [0.1, 0.15) is 29.3 Å². The summed E-state index contributed by atoms with van der Waals surface area (Å²) in [4.78, 5) is 11.3. The van der Waals surface area contributed by atoms with E-state index < -0.39 is 30.3 Å². The molecule has 208 valence electrons. The zero-order valence-corrected chi connectivity index (χ0v) is 23.8. The van der Waals surface area contributed by atoms with Gasteiger partial charge in [-0.15, -0.1) is 27.5 Å². The van der Waals surface area contributed by atoms with Gasteiger partial charge in [0, 0.05) is 28.5 Å². The van der Waals surface area contributed by atoms with Crippen LogP contribution < -0.4 is 23.7 Å². The van der Waals surface area contributed by atoms with Crippen LogP contribution in [0.2, 0.25) is 0 Å². The van der Waals surface area contributed by atoms with Crippen molar-refractivity contribution in [3.63, 3.8) is 0 Å². The number of nitrogens with one attached hydrogen (secondary N) is 1. The summed E-state index contributed by atoms with van der Waals surface area (Å²) in [7, 11) is -7.88. The van der Waals surface area contributed by atoms with Crippen LogP contribution in [-0.4, -0.2) is 27.5 Å². The van der Waals surface area contributed by atoms with Gasteiger partial charge in [0.05, 0.1) is 11.4 Å². The zero-order chi connectivity index (χ0) is 28.7. The van der Waals surface area contributed by atoms with E-state index in [1.54, 1.807) is 18.2 Å². The summed E-state index contributed by atoms with van der Waals surface area (Å²) in [5.41, 5.74) is -0.446. The number of benzene rings is 2. The predicted molar refractivity (Wildman–Crippen MR) is 143 cm³/mol. The Morgan fingerprint density at radius 2 is 1.85 bits per heavy atom. The molecule has 4 aromatic rings. The van der Waals surface area contributed by atoms with E-state index in [1.807, 2.05) is 35.2 Å². The number of nitrogens with zero attached hydrogens (tertiary/aromatic N) is 2. The van der Waals surface area contributed by atoms with E-state index in [4.69, 9.17) is 30.9 Å². The molecule has 0 spiro atoms.